The van der Waals surface area contributed by atoms with E-state index in [-0.39, 0.29) is 40.8 Å². The van der Waals surface area contributed by atoms with Crippen LogP contribution in [-0.4, -0.2) is 123 Å². The Labute approximate surface area is 289 Å². The maximum Gasteiger partial charge on any atom is 0.410 e. The zero-order chi connectivity index (χ0) is 36.4. The monoisotopic (exact) mass is 696 g/mol. The van der Waals surface area contributed by atoms with Crippen molar-refractivity contribution < 1.29 is 58.6 Å². The molecule has 14 heteroatoms. The molecule has 2 aromatic carbocycles. The number of ether oxygens (including phenoxy) is 4. The summed E-state index contributed by atoms with van der Waals surface area (Å²) in [4.78, 5) is 56.7. The van der Waals surface area contributed by atoms with Crippen LogP contribution >= 0.6 is 0 Å². The highest BCUT2D eigenvalue weighted by atomic mass is 16.7. The molecule has 0 saturated carbocycles. The highest BCUT2D eigenvalue weighted by molar-refractivity contribution is 6.31. The number of amides is 1. The normalized spacial score (nSPS) is 28.4. The van der Waals surface area contributed by atoms with E-state index in [9.17, 15) is 39.6 Å². The van der Waals surface area contributed by atoms with E-state index in [2.05, 4.69) is 0 Å². The van der Waals surface area contributed by atoms with Crippen LogP contribution in [0.2, 0.25) is 0 Å². The molecule has 4 aliphatic rings. The summed E-state index contributed by atoms with van der Waals surface area (Å²) in [5.41, 5.74) is -3.78. The molecule has 0 spiro atoms. The van der Waals surface area contributed by atoms with Crippen molar-refractivity contribution in [2.75, 3.05) is 33.3 Å². The summed E-state index contributed by atoms with van der Waals surface area (Å²) in [6.07, 6.45) is -5.00. The predicted molar refractivity (Wildman–Crippen MR) is 176 cm³/mol. The summed E-state index contributed by atoms with van der Waals surface area (Å²) >= 11 is 0. The molecule has 0 radical (unpaired) electrons. The first kappa shape index (κ1) is 35.7. The van der Waals surface area contributed by atoms with E-state index >= 15 is 0 Å². The molecule has 2 saturated heterocycles. The van der Waals surface area contributed by atoms with Gasteiger partial charge in [0.1, 0.15) is 28.5 Å². The fourth-order valence-electron chi connectivity index (χ4n) is 7.53. The van der Waals surface area contributed by atoms with Gasteiger partial charge in [0.25, 0.3) is 0 Å². The van der Waals surface area contributed by atoms with Gasteiger partial charge in [-0.25, -0.2) is 4.79 Å². The van der Waals surface area contributed by atoms with Crippen molar-refractivity contribution in [1.29, 1.82) is 0 Å². The number of hydrogen-bond acceptors (Lipinski definition) is 13. The number of benzene rings is 2. The van der Waals surface area contributed by atoms with Crippen molar-refractivity contribution in [3.05, 3.63) is 51.6 Å². The number of aliphatic hydroxyl groups is 2. The molecule has 0 unspecified atom stereocenters. The first-order chi connectivity index (χ1) is 23.5. The van der Waals surface area contributed by atoms with Crippen LogP contribution in [0, 0.1) is 0 Å². The van der Waals surface area contributed by atoms with Crippen molar-refractivity contribution in [3.63, 3.8) is 0 Å². The van der Waals surface area contributed by atoms with Crippen molar-refractivity contribution in [2.45, 2.75) is 95.7 Å². The number of nitrogens with zero attached hydrogens (tertiary/aromatic N) is 2. The van der Waals surface area contributed by atoms with E-state index < -0.39 is 94.3 Å². The van der Waals surface area contributed by atoms with E-state index in [1.807, 2.05) is 4.90 Å². The average molecular weight is 697 g/mol. The summed E-state index contributed by atoms with van der Waals surface area (Å²) in [6.45, 7) is 9.90. The quantitative estimate of drug-likeness (QED) is 0.285. The van der Waals surface area contributed by atoms with Crippen LogP contribution < -0.4 is 4.74 Å². The fourth-order valence-corrected chi connectivity index (χ4v) is 7.53. The van der Waals surface area contributed by atoms with Gasteiger partial charge >= 0.3 is 6.09 Å². The third-order valence-corrected chi connectivity index (χ3v) is 10.2. The van der Waals surface area contributed by atoms with E-state index in [1.54, 1.807) is 32.6 Å². The molecule has 270 valence electrons. The second kappa shape index (κ2) is 12.9. The van der Waals surface area contributed by atoms with Crippen molar-refractivity contribution in [2.24, 2.45) is 0 Å². The number of phenolic OH excluding ortho intramolecular Hbond substituents is 2. The largest absolute Gasteiger partial charge is 0.507 e. The lowest BCUT2D eigenvalue weighted by Crippen LogP contribution is -2.60. The molecule has 0 bridgehead atoms. The van der Waals surface area contributed by atoms with E-state index in [4.69, 9.17) is 18.9 Å². The van der Waals surface area contributed by atoms with Crippen LogP contribution in [0.1, 0.15) is 96.5 Å². The number of aromatic hydroxyl groups is 2. The molecule has 2 fully saturated rings. The highest BCUT2D eigenvalue weighted by Gasteiger charge is 2.50. The van der Waals surface area contributed by atoms with Crippen LogP contribution in [0.3, 0.4) is 0 Å². The van der Waals surface area contributed by atoms with Gasteiger partial charge in [-0.2, -0.15) is 0 Å². The van der Waals surface area contributed by atoms with Crippen LogP contribution in [0.25, 0.3) is 0 Å². The van der Waals surface area contributed by atoms with Crippen LogP contribution in [0.15, 0.2) is 18.2 Å². The summed E-state index contributed by atoms with van der Waals surface area (Å²) < 4.78 is 23.3. The van der Waals surface area contributed by atoms with Crippen LogP contribution in [-0.2, 0) is 25.4 Å². The summed E-state index contributed by atoms with van der Waals surface area (Å²) in [7, 11) is 1.34. The minimum absolute atomic E-state index is 0.0249. The number of methoxy groups -OCH3 is 1. The van der Waals surface area contributed by atoms with Gasteiger partial charge in [-0.3, -0.25) is 19.3 Å². The maximum absolute atomic E-state index is 13.9. The molecule has 4 N–H and O–H groups in total. The number of phenols is 2. The van der Waals surface area contributed by atoms with Gasteiger partial charge in [0.05, 0.1) is 42.1 Å². The lowest BCUT2D eigenvalue weighted by molar-refractivity contribution is -0.259. The van der Waals surface area contributed by atoms with E-state index in [0.29, 0.717) is 26.2 Å². The minimum atomic E-state index is -2.05. The summed E-state index contributed by atoms with van der Waals surface area (Å²) in [5.74, 6) is -3.24. The predicted octanol–water partition coefficient (Wildman–Crippen LogP) is 2.62. The number of carbonyl (C=O) groups is 4. The van der Waals surface area contributed by atoms with Gasteiger partial charge in [0, 0.05) is 68.2 Å². The highest BCUT2D eigenvalue weighted by Crippen LogP contribution is 2.52. The maximum atomic E-state index is 13.9. The molecule has 14 nitrogen and oxygen atoms in total. The molecule has 2 aliphatic heterocycles. The van der Waals surface area contributed by atoms with Gasteiger partial charge in [0.15, 0.2) is 17.9 Å². The SMILES string of the molecule is COc1cccc2c1C(=O)c1c(O)c3c(c(O)c1C2=O)C[C@@](O)(C(C)=O)C[C@@H]3O[C@H]1C[C@@H](N2CCN(C(=O)OC(C)(C)C)CC2)[C@H](O)[C@H](C)O1. The molecule has 6 rings (SSSR count). The van der Waals surface area contributed by atoms with E-state index in [1.165, 1.54) is 32.2 Å². The molecule has 6 atom stereocenters. The lowest BCUT2D eigenvalue weighted by atomic mass is 9.72. The van der Waals surface area contributed by atoms with Gasteiger partial charge in [-0.1, -0.05) is 12.1 Å². The Morgan fingerprint density at radius 3 is 2.28 bits per heavy atom. The number of carbonyl (C=O) groups excluding carboxylic acids is 4. The molecular formula is C36H44N2O12. The zero-order valence-corrected chi connectivity index (χ0v) is 29.0. The third-order valence-electron chi connectivity index (χ3n) is 10.2. The van der Waals surface area contributed by atoms with E-state index in [0.717, 1.165) is 0 Å². The minimum Gasteiger partial charge on any atom is -0.507 e. The standard InChI is InChI=1S/C36H44N2O12/c1-17-29(40)21(37-10-12-38(13-11-37)34(45)50-35(3,4)5)14-24(48-17)49-23-16-36(46,18(2)39)15-20-26(23)33(44)28-27(31(20)42)30(41)19-8-7-9-22(47-6)25(19)32(28)43/h7-9,17,21,23-24,29,40,42,44,46H,10-16H2,1-6H3/t17-,21+,23-,24-,29+,36-/m0/s1. The Morgan fingerprint density at radius 1 is 1.00 bits per heavy atom. The first-order valence-electron chi connectivity index (χ1n) is 16.8. The molecule has 2 heterocycles. The number of Topliss-reactive ketones (excluding diaryl/α,β-unsaturated/α-hetero) is 1. The number of ketones is 3. The second-order valence-corrected chi connectivity index (χ2v) is 14.5. The number of rotatable bonds is 5. The Hall–Kier alpha value is -4.08. The van der Waals surface area contributed by atoms with Crippen LogP contribution in [0.4, 0.5) is 4.79 Å². The molecular weight excluding hydrogens is 652 g/mol. The Bertz CT molecular complexity index is 1740. The Balaban J connectivity index is 1.32. The molecule has 2 aromatic rings. The van der Waals surface area contributed by atoms with Gasteiger partial charge in [-0.05, 0) is 40.7 Å². The third kappa shape index (κ3) is 6.13. The Kier molecular flexibility index (Phi) is 9.23. The Morgan fingerprint density at radius 2 is 1.66 bits per heavy atom. The first-order valence-corrected chi connectivity index (χ1v) is 16.8. The number of fused-ring (bicyclic) bond motifs is 3. The molecule has 0 aromatic heterocycles. The van der Waals surface area contributed by atoms with Gasteiger partial charge < -0.3 is 44.3 Å². The number of piperazine rings is 1. The number of hydrogen-bond donors (Lipinski definition) is 4. The molecule has 50 heavy (non-hydrogen) atoms. The summed E-state index contributed by atoms with van der Waals surface area (Å²) in [5, 5.41) is 46.1. The lowest BCUT2D eigenvalue weighted by Gasteiger charge is -2.47. The van der Waals surface area contributed by atoms with Crippen molar-refractivity contribution >= 4 is 23.4 Å². The average Bonchev–Trinajstić information content (AvgIpc) is 3.05. The van der Waals surface area contributed by atoms with Gasteiger partial charge in [0.2, 0.25) is 5.78 Å². The molecule has 2 aliphatic carbocycles. The fraction of sp³-hybridized carbons (Fsp3) is 0.556. The number of aliphatic hydroxyl groups excluding tert-OH is 1. The topological polar surface area (TPSA) is 193 Å². The van der Waals surface area contributed by atoms with Crippen molar-refractivity contribution in [3.8, 4) is 17.2 Å². The molecule has 1 amide bonds. The smallest absolute Gasteiger partial charge is 0.410 e. The summed E-state index contributed by atoms with van der Waals surface area (Å²) in [6, 6.07) is 3.98. The second-order valence-electron chi connectivity index (χ2n) is 14.5. The van der Waals surface area contributed by atoms with Crippen molar-refractivity contribution in [1.82, 2.24) is 9.80 Å². The zero-order valence-electron chi connectivity index (χ0n) is 29.0. The van der Waals surface area contributed by atoms with Crippen LogP contribution in [0.5, 0.6) is 17.2 Å². The van der Waals surface area contributed by atoms with Gasteiger partial charge in [-0.15, -0.1) is 0 Å².